The van der Waals surface area contributed by atoms with Crippen molar-refractivity contribution in [2.24, 2.45) is 0 Å². The third kappa shape index (κ3) is 10.1. The molecule has 1 amide bonds. The molecule has 0 atom stereocenters. The van der Waals surface area contributed by atoms with E-state index in [0.29, 0.717) is 5.57 Å². The van der Waals surface area contributed by atoms with Gasteiger partial charge in [0.1, 0.15) is 0 Å². The zero-order valence-corrected chi connectivity index (χ0v) is 18.7. The molecule has 28 heavy (non-hydrogen) atoms. The van der Waals surface area contributed by atoms with Crippen molar-refractivity contribution < 1.29 is 4.79 Å². The number of benzene rings is 1. The van der Waals surface area contributed by atoms with Crippen LogP contribution >= 0.6 is 0 Å². The van der Waals surface area contributed by atoms with Crippen LogP contribution in [-0.4, -0.2) is 5.91 Å². The van der Waals surface area contributed by atoms with Crippen molar-refractivity contribution in [2.75, 3.05) is 5.32 Å². The van der Waals surface area contributed by atoms with Gasteiger partial charge in [0.2, 0.25) is 0 Å². The molecule has 1 aromatic rings. The molecule has 1 aromatic carbocycles. The van der Waals surface area contributed by atoms with E-state index in [2.05, 4.69) is 43.9 Å². The molecule has 0 spiro atoms. The highest BCUT2D eigenvalue weighted by atomic mass is 16.1. The van der Waals surface area contributed by atoms with E-state index in [4.69, 9.17) is 0 Å². The summed E-state index contributed by atoms with van der Waals surface area (Å²) in [5.74, 6) is -0.0686. The second-order valence-corrected chi connectivity index (χ2v) is 8.21. The summed E-state index contributed by atoms with van der Waals surface area (Å²) in [6.45, 7) is 10.1. The second kappa shape index (κ2) is 15.4. The first-order valence-electron chi connectivity index (χ1n) is 11.7. The normalized spacial score (nSPS) is 10.8. The van der Waals surface area contributed by atoms with E-state index in [1.54, 1.807) is 6.92 Å². The molecular weight excluding hydrogens is 342 g/mol. The van der Waals surface area contributed by atoms with E-state index in [9.17, 15) is 4.79 Å². The molecule has 2 nitrogen and oxygen atoms in total. The highest BCUT2D eigenvalue weighted by molar-refractivity contribution is 6.03. The van der Waals surface area contributed by atoms with Gasteiger partial charge in [0.15, 0.2) is 0 Å². The van der Waals surface area contributed by atoms with Crippen LogP contribution in [0.15, 0.2) is 30.4 Å². The van der Waals surface area contributed by atoms with Gasteiger partial charge in [-0.3, -0.25) is 4.79 Å². The first-order chi connectivity index (χ1) is 13.6. The van der Waals surface area contributed by atoms with Gasteiger partial charge in [0.05, 0.1) is 0 Å². The Morgan fingerprint density at radius 3 is 1.93 bits per heavy atom. The molecular formula is C26H43NO. The molecule has 158 valence electrons. The summed E-state index contributed by atoms with van der Waals surface area (Å²) in [7, 11) is 0. The van der Waals surface area contributed by atoms with Gasteiger partial charge in [-0.15, -0.1) is 0 Å². The summed E-state index contributed by atoms with van der Waals surface area (Å²) in [4.78, 5) is 12.2. The molecule has 0 fully saturated rings. The lowest BCUT2D eigenvalue weighted by Gasteiger charge is -2.16. The topological polar surface area (TPSA) is 29.1 Å². The van der Waals surface area contributed by atoms with E-state index in [1.165, 1.54) is 88.2 Å². The molecule has 0 aromatic heterocycles. The highest BCUT2D eigenvalue weighted by Crippen LogP contribution is 2.25. The molecule has 2 heteroatoms. The second-order valence-electron chi connectivity index (χ2n) is 8.21. The van der Waals surface area contributed by atoms with Gasteiger partial charge in [-0.05, 0) is 49.8 Å². The summed E-state index contributed by atoms with van der Waals surface area (Å²) < 4.78 is 0. The maximum absolute atomic E-state index is 12.2. The van der Waals surface area contributed by atoms with Gasteiger partial charge in [-0.2, -0.15) is 0 Å². The summed E-state index contributed by atoms with van der Waals surface area (Å²) in [5, 5.41) is 3.09. The predicted molar refractivity (Wildman–Crippen MR) is 124 cm³/mol. The number of amides is 1. The Kier molecular flexibility index (Phi) is 13.4. The molecule has 0 aliphatic heterocycles. The van der Waals surface area contributed by atoms with Crippen molar-refractivity contribution in [3.63, 3.8) is 0 Å². The van der Waals surface area contributed by atoms with Crippen LogP contribution in [0.3, 0.4) is 0 Å². The Balaban J connectivity index is 2.70. The zero-order chi connectivity index (χ0) is 20.6. The SMILES string of the molecule is C=C(C)C(=O)Nc1cccc(CCCCCCCC)c1CCCCCCCC. The molecule has 0 bridgehead atoms. The van der Waals surface area contributed by atoms with Crippen molar-refractivity contribution >= 4 is 11.6 Å². The Hall–Kier alpha value is -1.57. The third-order valence-corrected chi connectivity index (χ3v) is 5.49. The van der Waals surface area contributed by atoms with E-state index in [1.807, 2.05) is 0 Å². The van der Waals surface area contributed by atoms with Gasteiger partial charge in [0.25, 0.3) is 5.91 Å². The van der Waals surface area contributed by atoms with E-state index in [-0.39, 0.29) is 5.91 Å². The standard InChI is InChI=1S/C26H43NO/c1-5-7-9-11-13-15-18-23-19-17-21-25(27-26(28)22(3)4)24(23)20-16-14-12-10-8-6-2/h17,19,21H,3,5-16,18,20H2,1-2,4H3,(H,27,28). The van der Waals surface area contributed by atoms with Gasteiger partial charge < -0.3 is 5.32 Å². The van der Waals surface area contributed by atoms with Crippen LogP contribution < -0.4 is 5.32 Å². The van der Waals surface area contributed by atoms with Gasteiger partial charge in [0, 0.05) is 11.3 Å². The summed E-state index contributed by atoms with van der Waals surface area (Å²) in [6.07, 6.45) is 17.8. The lowest BCUT2D eigenvalue weighted by atomic mass is 9.94. The number of carbonyl (C=O) groups is 1. The Labute approximate surface area is 174 Å². The van der Waals surface area contributed by atoms with Crippen molar-refractivity contribution in [3.05, 3.63) is 41.5 Å². The van der Waals surface area contributed by atoms with Crippen LogP contribution in [0, 0.1) is 0 Å². The number of anilines is 1. The van der Waals surface area contributed by atoms with E-state index >= 15 is 0 Å². The molecule has 0 saturated carbocycles. The van der Waals surface area contributed by atoms with Gasteiger partial charge in [-0.1, -0.05) is 96.8 Å². The minimum absolute atomic E-state index is 0.0686. The molecule has 0 unspecified atom stereocenters. The maximum atomic E-state index is 12.2. The molecule has 1 N–H and O–H groups in total. The van der Waals surface area contributed by atoms with Crippen LogP contribution in [0.1, 0.15) is 109 Å². The number of carbonyl (C=O) groups excluding carboxylic acids is 1. The third-order valence-electron chi connectivity index (χ3n) is 5.49. The van der Waals surface area contributed by atoms with Gasteiger partial charge >= 0.3 is 0 Å². The summed E-state index contributed by atoms with van der Waals surface area (Å²) >= 11 is 0. The smallest absolute Gasteiger partial charge is 0.250 e. The molecule has 1 rings (SSSR count). The quantitative estimate of drug-likeness (QED) is 0.226. The van der Waals surface area contributed by atoms with E-state index in [0.717, 1.165) is 18.5 Å². The van der Waals surface area contributed by atoms with Crippen molar-refractivity contribution in [2.45, 2.75) is 111 Å². The Morgan fingerprint density at radius 2 is 1.36 bits per heavy atom. The highest BCUT2D eigenvalue weighted by Gasteiger charge is 2.11. The molecule has 0 aliphatic rings. The van der Waals surface area contributed by atoms with Crippen LogP contribution in [0.4, 0.5) is 5.69 Å². The number of unbranched alkanes of at least 4 members (excludes halogenated alkanes) is 10. The predicted octanol–water partition coefficient (Wildman–Crippen LogP) is 8.01. The van der Waals surface area contributed by atoms with Gasteiger partial charge in [-0.25, -0.2) is 0 Å². The molecule has 0 saturated heterocycles. The minimum atomic E-state index is -0.0686. The molecule has 0 radical (unpaired) electrons. The molecule has 0 heterocycles. The Bertz CT molecular complexity index is 576. The van der Waals surface area contributed by atoms with Crippen LogP contribution in [0.5, 0.6) is 0 Å². The minimum Gasteiger partial charge on any atom is -0.322 e. The first kappa shape index (κ1) is 24.5. The number of hydrogen-bond acceptors (Lipinski definition) is 1. The fraction of sp³-hybridized carbons (Fsp3) is 0.654. The average Bonchev–Trinajstić information content (AvgIpc) is 2.68. The average molecular weight is 386 g/mol. The number of nitrogens with one attached hydrogen (secondary N) is 1. The fourth-order valence-corrected chi connectivity index (χ4v) is 3.69. The van der Waals surface area contributed by atoms with Crippen molar-refractivity contribution in [3.8, 4) is 0 Å². The number of aryl methyl sites for hydroxylation is 1. The first-order valence-corrected chi connectivity index (χ1v) is 11.7. The monoisotopic (exact) mass is 385 g/mol. The summed E-state index contributed by atoms with van der Waals surface area (Å²) in [6, 6.07) is 6.40. The zero-order valence-electron chi connectivity index (χ0n) is 18.7. The maximum Gasteiger partial charge on any atom is 0.250 e. The van der Waals surface area contributed by atoms with Crippen LogP contribution in [0.25, 0.3) is 0 Å². The van der Waals surface area contributed by atoms with Crippen LogP contribution in [0.2, 0.25) is 0 Å². The number of hydrogen-bond donors (Lipinski definition) is 1. The van der Waals surface area contributed by atoms with Crippen molar-refractivity contribution in [1.82, 2.24) is 0 Å². The largest absolute Gasteiger partial charge is 0.322 e. The van der Waals surface area contributed by atoms with Crippen LogP contribution in [-0.2, 0) is 17.6 Å². The lowest BCUT2D eigenvalue weighted by Crippen LogP contribution is -2.14. The lowest BCUT2D eigenvalue weighted by molar-refractivity contribution is -0.112. The molecule has 0 aliphatic carbocycles. The van der Waals surface area contributed by atoms with Crippen molar-refractivity contribution in [1.29, 1.82) is 0 Å². The number of rotatable bonds is 16. The van der Waals surface area contributed by atoms with E-state index < -0.39 is 0 Å². The fourth-order valence-electron chi connectivity index (χ4n) is 3.69. The Morgan fingerprint density at radius 1 is 0.821 bits per heavy atom. The summed E-state index contributed by atoms with van der Waals surface area (Å²) in [5.41, 5.74) is 4.32.